The molecule has 2 heteroatoms. The van der Waals surface area contributed by atoms with Gasteiger partial charge in [-0.15, -0.1) is 0 Å². The van der Waals surface area contributed by atoms with Gasteiger partial charge in [0, 0.05) is 0 Å². The molecule has 0 aliphatic carbocycles. The average molecular weight is 134 g/mol. The van der Waals surface area contributed by atoms with Gasteiger partial charge in [-0.1, -0.05) is 17.3 Å². The molecule has 1 aromatic rings. The molecule has 51 valence electrons. The molecule has 10 heavy (non-hydrogen) atoms. The number of benzene rings is 1. The molecule has 1 aromatic carbocycles. The summed E-state index contributed by atoms with van der Waals surface area (Å²) < 4.78 is 0. The number of hydrogen-bond acceptors (Lipinski definition) is 2. The Morgan fingerprint density at radius 2 is 2.40 bits per heavy atom. The highest BCUT2D eigenvalue weighted by molar-refractivity contribution is 5.79. The molecule has 2 nitrogen and oxygen atoms in total. The maximum absolute atomic E-state index is 8.17. The first kappa shape index (κ1) is 6.81. The van der Waals surface area contributed by atoms with Gasteiger partial charge < -0.3 is 5.21 Å². The van der Waals surface area contributed by atoms with Crippen LogP contribution in [0.25, 0.3) is 0 Å². The van der Waals surface area contributed by atoms with Gasteiger partial charge in [-0.25, -0.2) is 0 Å². The maximum Gasteiger partial charge on any atom is 0.0734 e. The van der Waals surface area contributed by atoms with Crippen LogP contribution in [0.4, 0.5) is 0 Å². The molecule has 0 heterocycles. The Kier molecular flexibility index (Phi) is 2.05. The zero-order valence-corrected chi connectivity index (χ0v) is 5.70. The third-order valence-electron chi connectivity index (χ3n) is 1.16. The van der Waals surface area contributed by atoms with E-state index < -0.39 is 0 Å². The van der Waals surface area contributed by atoms with Gasteiger partial charge in [-0.05, 0) is 30.2 Å². The highest BCUT2D eigenvalue weighted by atomic mass is 16.4. The van der Waals surface area contributed by atoms with Gasteiger partial charge in [0.15, 0.2) is 0 Å². The highest BCUT2D eigenvalue weighted by Crippen LogP contribution is 1.99. The molecule has 0 bridgehead atoms. The maximum atomic E-state index is 8.17. The average Bonchev–Trinajstić information content (AvgIpc) is 1.88. The first-order valence-corrected chi connectivity index (χ1v) is 2.98. The van der Waals surface area contributed by atoms with Crippen molar-refractivity contribution in [3.63, 3.8) is 0 Å². The number of aryl methyl sites for hydroxylation is 1. The Balaban J connectivity index is 2.95. The van der Waals surface area contributed by atoms with Gasteiger partial charge in [0.2, 0.25) is 0 Å². The van der Waals surface area contributed by atoms with E-state index in [1.807, 2.05) is 19.1 Å². The van der Waals surface area contributed by atoms with Crippen molar-refractivity contribution in [1.82, 2.24) is 0 Å². The van der Waals surface area contributed by atoms with Crippen LogP contribution < -0.4 is 0 Å². The molecule has 0 amide bonds. The van der Waals surface area contributed by atoms with Gasteiger partial charge in [-0.3, -0.25) is 0 Å². The molecule has 0 aliphatic heterocycles. The normalized spacial score (nSPS) is 10.5. The van der Waals surface area contributed by atoms with Crippen LogP contribution in [0.2, 0.25) is 0 Å². The zero-order valence-electron chi connectivity index (χ0n) is 5.70. The number of nitrogens with zero attached hydrogens (tertiary/aromatic N) is 1. The molecule has 1 N–H and O–H groups in total. The fraction of sp³-hybridized carbons (Fsp3) is 0.125. The Morgan fingerprint density at radius 3 is 3.00 bits per heavy atom. The minimum Gasteiger partial charge on any atom is -0.411 e. The topological polar surface area (TPSA) is 32.6 Å². The van der Waals surface area contributed by atoms with E-state index in [0.29, 0.717) is 0 Å². The van der Waals surface area contributed by atoms with Crippen LogP contribution in [0.3, 0.4) is 0 Å². The summed E-state index contributed by atoms with van der Waals surface area (Å²) in [6, 6.07) is 8.45. The largest absolute Gasteiger partial charge is 0.411 e. The van der Waals surface area contributed by atoms with Gasteiger partial charge in [0.25, 0.3) is 0 Å². The Labute approximate surface area is 59.8 Å². The summed E-state index contributed by atoms with van der Waals surface area (Å²) in [5, 5.41) is 11.1. The molecule has 0 fully saturated rings. The van der Waals surface area contributed by atoms with Crippen LogP contribution >= 0.6 is 0 Å². The summed E-state index contributed by atoms with van der Waals surface area (Å²) in [5.74, 6) is 0. The van der Waals surface area contributed by atoms with Gasteiger partial charge in [-0.2, -0.15) is 0 Å². The molecule has 0 aliphatic rings. The van der Waals surface area contributed by atoms with Gasteiger partial charge in [0.1, 0.15) is 0 Å². The van der Waals surface area contributed by atoms with Crippen LogP contribution in [0, 0.1) is 13.0 Å². The fourth-order valence-electron chi connectivity index (χ4n) is 0.757. The van der Waals surface area contributed by atoms with Crippen LogP contribution in [-0.4, -0.2) is 11.4 Å². The first-order valence-electron chi connectivity index (χ1n) is 2.98. The van der Waals surface area contributed by atoms with Crippen molar-refractivity contribution < 1.29 is 5.21 Å². The lowest BCUT2D eigenvalue weighted by atomic mass is 10.2. The highest BCUT2D eigenvalue weighted by Gasteiger charge is 1.86. The van der Waals surface area contributed by atoms with Crippen LogP contribution in [-0.2, 0) is 0 Å². The minimum absolute atomic E-state index is 0.863. The SMILES string of the molecule is Cc1c[c]cc(/C=N\O)c1. The Bertz CT molecular complexity index is 243. The van der Waals surface area contributed by atoms with Crippen LogP contribution in [0.5, 0.6) is 0 Å². The van der Waals surface area contributed by atoms with E-state index in [1.165, 1.54) is 6.21 Å². The third kappa shape index (κ3) is 1.58. The van der Waals surface area contributed by atoms with E-state index >= 15 is 0 Å². The molecule has 0 spiro atoms. The quantitative estimate of drug-likeness (QED) is 0.353. The lowest BCUT2D eigenvalue weighted by Crippen LogP contribution is -1.80. The molecule has 1 rings (SSSR count). The van der Waals surface area contributed by atoms with Gasteiger partial charge in [0.05, 0.1) is 6.21 Å². The summed E-state index contributed by atoms with van der Waals surface area (Å²) in [4.78, 5) is 0. The van der Waals surface area contributed by atoms with E-state index in [1.54, 1.807) is 6.07 Å². The van der Waals surface area contributed by atoms with E-state index in [4.69, 9.17) is 5.21 Å². The second-order valence-electron chi connectivity index (χ2n) is 2.09. The summed E-state index contributed by atoms with van der Waals surface area (Å²) >= 11 is 0. The molecule has 0 saturated heterocycles. The van der Waals surface area contributed by atoms with Crippen molar-refractivity contribution in [1.29, 1.82) is 0 Å². The molecule has 0 atom stereocenters. The smallest absolute Gasteiger partial charge is 0.0734 e. The molecule has 1 radical (unpaired) electrons. The van der Waals surface area contributed by atoms with Crippen molar-refractivity contribution in [3.8, 4) is 0 Å². The molecule has 0 aromatic heterocycles. The second-order valence-corrected chi connectivity index (χ2v) is 2.09. The van der Waals surface area contributed by atoms with Gasteiger partial charge >= 0.3 is 0 Å². The Hall–Kier alpha value is -1.31. The number of hydrogen-bond donors (Lipinski definition) is 1. The van der Waals surface area contributed by atoms with Crippen LogP contribution in [0.15, 0.2) is 23.4 Å². The number of rotatable bonds is 1. The molecular formula is C8H8NO. The summed E-state index contributed by atoms with van der Waals surface area (Å²) in [7, 11) is 0. The van der Waals surface area contributed by atoms with Crippen molar-refractivity contribution in [2.45, 2.75) is 6.92 Å². The standard InChI is InChI=1S/C8H8NO/c1-7-3-2-4-8(5-7)6-9-10/h3-6,10H,1H3/b9-6-. The van der Waals surface area contributed by atoms with E-state index in [2.05, 4.69) is 11.2 Å². The second kappa shape index (κ2) is 3.01. The monoisotopic (exact) mass is 134 g/mol. The summed E-state index contributed by atoms with van der Waals surface area (Å²) in [6.07, 6.45) is 1.38. The predicted molar refractivity (Wildman–Crippen MR) is 39.4 cm³/mol. The molecule has 0 unspecified atom stereocenters. The minimum atomic E-state index is 0.863. The molecular weight excluding hydrogens is 126 g/mol. The lowest BCUT2D eigenvalue weighted by Gasteiger charge is -1.91. The Morgan fingerprint density at radius 1 is 1.60 bits per heavy atom. The van der Waals surface area contributed by atoms with Crippen molar-refractivity contribution in [2.24, 2.45) is 5.16 Å². The first-order chi connectivity index (χ1) is 4.83. The summed E-state index contributed by atoms with van der Waals surface area (Å²) in [6.45, 7) is 1.96. The van der Waals surface area contributed by atoms with Crippen molar-refractivity contribution in [3.05, 3.63) is 35.4 Å². The lowest BCUT2D eigenvalue weighted by molar-refractivity contribution is 0.322. The third-order valence-corrected chi connectivity index (χ3v) is 1.16. The van der Waals surface area contributed by atoms with Crippen molar-refractivity contribution in [2.75, 3.05) is 0 Å². The van der Waals surface area contributed by atoms with E-state index in [-0.39, 0.29) is 0 Å². The van der Waals surface area contributed by atoms with Crippen molar-refractivity contribution >= 4 is 6.21 Å². The predicted octanol–water partition coefficient (Wildman–Crippen LogP) is 1.60. The zero-order chi connectivity index (χ0) is 7.40. The van der Waals surface area contributed by atoms with E-state index in [0.717, 1.165) is 11.1 Å². The summed E-state index contributed by atoms with van der Waals surface area (Å²) in [5.41, 5.74) is 1.97. The molecule has 0 saturated carbocycles. The number of oxime groups is 1. The fourth-order valence-corrected chi connectivity index (χ4v) is 0.757. The van der Waals surface area contributed by atoms with E-state index in [9.17, 15) is 0 Å². The van der Waals surface area contributed by atoms with Crippen LogP contribution in [0.1, 0.15) is 11.1 Å².